The van der Waals surface area contributed by atoms with Crippen molar-refractivity contribution in [3.8, 4) is 10.0 Å². The summed E-state index contributed by atoms with van der Waals surface area (Å²) in [5.41, 5.74) is 0. The average molecular weight is 293 g/mol. The van der Waals surface area contributed by atoms with Crippen LogP contribution in [0.15, 0.2) is 11.6 Å². The van der Waals surface area contributed by atoms with Crippen molar-refractivity contribution in [3.05, 3.63) is 11.6 Å². The van der Waals surface area contributed by atoms with E-state index in [9.17, 15) is 0 Å². The van der Waals surface area contributed by atoms with Gasteiger partial charge in [0.2, 0.25) is 5.13 Å². The first-order valence-electron chi connectivity index (χ1n) is 6.62. The van der Waals surface area contributed by atoms with Crippen LogP contribution in [0.2, 0.25) is 0 Å². The summed E-state index contributed by atoms with van der Waals surface area (Å²) in [5, 5.41) is 13.7. The maximum atomic E-state index is 4.40. The number of nitrogens with zero attached hydrogens (tertiary/aromatic N) is 5. The van der Waals surface area contributed by atoms with Gasteiger partial charge in [0.25, 0.3) is 0 Å². The summed E-state index contributed by atoms with van der Waals surface area (Å²) < 4.78 is 0. The van der Waals surface area contributed by atoms with Gasteiger partial charge in [-0.15, -0.1) is 21.5 Å². The summed E-state index contributed by atoms with van der Waals surface area (Å²) in [5.74, 6) is 0. The zero-order chi connectivity index (χ0) is 12.7. The first kappa shape index (κ1) is 11.7. The van der Waals surface area contributed by atoms with Crippen LogP contribution >= 0.6 is 22.7 Å². The van der Waals surface area contributed by atoms with Crippen LogP contribution in [-0.4, -0.2) is 52.3 Å². The molecule has 5 heterocycles. The van der Waals surface area contributed by atoms with Crippen molar-refractivity contribution in [1.29, 1.82) is 0 Å². The van der Waals surface area contributed by atoms with Crippen molar-refractivity contribution in [3.63, 3.8) is 0 Å². The van der Waals surface area contributed by atoms with Gasteiger partial charge in [0.1, 0.15) is 0 Å². The van der Waals surface area contributed by atoms with Crippen LogP contribution < -0.4 is 4.90 Å². The van der Waals surface area contributed by atoms with E-state index in [1.165, 1.54) is 25.9 Å². The van der Waals surface area contributed by atoms with Gasteiger partial charge in [-0.25, -0.2) is 4.98 Å². The van der Waals surface area contributed by atoms with Crippen LogP contribution in [0, 0.1) is 0 Å². The SMILES string of the molecule is c1csc(-c2nnc(N3CCN4CCC3CC4)s2)n1. The molecule has 0 saturated carbocycles. The van der Waals surface area contributed by atoms with E-state index in [2.05, 4.69) is 25.0 Å². The van der Waals surface area contributed by atoms with Crippen molar-refractivity contribution >= 4 is 27.8 Å². The lowest BCUT2D eigenvalue weighted by atomic mass is 10.1. The Balaban J connectivity index is 1.62. The Morgan fingerprint density at radius 2 is 1.95 bits per heavy atom. The number of hydrogen-bond donors (Lipinski definition) is 0. The zero-order valence-electron chi connectivity index (χ0n) is 10.5. The molecule has 0 atom stereocenters. The molecule has 5 nitrogen and oxygen atoms in total. The Labute approximate surface area is 119 Å². The minimum absolute atomic E-state index is 0.649. The summed E-state index contributed by atoms with van der Waals surface area (Å²) in [6.45, 7) is 4.71. The van der Waals surface area contributed by atoms with Gasteiger partial charge < -0.3 is 9.80 Å². The number of rotatable bonds is 2. The van der Waals surface area contributed by atoms with Crippen molar-refractivity contribution in [2.45, 2.75) is 18.9 Å². The summed E-state index contributed by atoms with van der Waals surface area (Å²) in [6.07, 6.45) is 4.33. The van der Waals surface area contributed by atoms with Crippen molar-refractivity contribution in [2.75, 3.05) is 31.1 Å². The van der Waals surface area contributed by atoms with Gasteiger partial charge in [-0.05, 0) is 12.8 Å². The Kier molecular flexibility index (Phi) is 2.97. The summed E-state index contributed by atoms with van der Waals surface area (Å²) in [7, 11) is 0. The fourth-order valence-corrected chi connectivity index (χ4v) is 4.50. The summed E-state index contributed by atoms with van der Waals surface area (Å²) >= 11 is 3.30. The van der Waals surface area contributed by atoms with Crippen molar-refractivity contribution < 1.29 is 0 Å². The second kappa shape index (κ2) is 4.81. The minimum atomic E-state index is 0.649. The number of anilines is 1. The van der Waals surface area contributed by atoms with Gasteiger partial charge >= 0.3 is 0 Å². The molecule has 3 aliphatic rings. The number of fused-ring (bicyclic) bond motifs is 4. The van der Waals surface area contributed by atoms with Gasteiger partial charge in [0.05, 0.1) is 0 Å². The number of piperidine rings is 1. The smallest absolute Gasteiger partial charge is 0.208 e. The van der Waals surface area contributed by atoms with Crippen molar-refractivity contribution in [1.82, 2.24) is 20.1 Å². The molecule has 2 bridgehead atoms. The third kappa shape index (κ3) is 2.15. The molecule has 3 fully saturated rings. The van der Waals surface area contributed by atoms with E-state index < -0.39 is 0 Å². The normalized spacial score (nSPS) is 26.6. The van der Waals surface area contributed by atoms with Crippen LogP contribution in [0.1, 0.15) is 12.8 Å². The second-order valence-electron chi connectivity index (χ2n) is 4.99. The Hall–Kier alpha value is -1.05. The Morgan fingerprint density at radius 1 is 1.05 bits per heavy atom. The molecule has 19 heavy (non-hydrogen) atoms. The van der Waals surface area contributed by atoms with Gasteiger partial charge in [0.15, 0.2) is 10.0 Å². The fourth-order valence-electron chi connectivity index (χ4n) is 2.89. The lowest BCUT2D eigenvalue weighted by Crippen LogP contribution is -2.37. The molecular formula is C12H15N5S2. The molecule has 3 saturated heterocycles. The lowest BCUT2D eigenvalue weighted by molar-refractivity contribution is 0.250. The zero-order valence-corrected chi connectivity index (χ0v) is 12.2. The van der Waals surface area contributed by atoms with Crippen molar-refractivity contribution in [2.24, 2.45) is 0 Å². The predicted molar refractivity (Wildman–Crippen MR) is 77.8 cm³/mol. The molecule has 7 heteroatoms. The van der Waals surface area contributed by atoms with Crippen LogP contribution in [0.3, 0.4) is 0 Å². The number of hydrogen-bond acceptors (Lipinski definition) is 7. The molecule has 0 N–H and O–H groups in total. The molecule has 0 amide bonds. The maximum Gasteiger partial charge on any atom is 0.208 e. The second-order valence-corrected chi connectivity index (χ2v) is 6.84. The quantitative estimate of drug-likeness (QED) is 0.847. The number of aromatic nitrogens is 3. The highest BCUT2D eigenvalue weighted by atomic mass is 32.1. The Bertz CT molecular complexity index is 544. The largest absolute Gasteiger partial charge is 0.342 e. The van der Waals surface area contributed by atoms with Gasteiger partial charge in [-0.1, -0.05) is 11.3 Å². The first-order chi connectivity index (χ1) is 9.40. The lowest BCUT2D eigenvalue weighted by Gasteiger charge is -2.30. The van der Waals surface area contributed by atoms with Gasteiger partial charge in [-0.2, -0.15) is 0 Å². The third-order valence-electron chi connectivity index (χ3n) is 3.93. The van der Waals surface area contributed by atoms with E-state index in [0.717, 1.165) is 28.2 Å². The molecule has 2 aromatic rings. The van der Waals surface area contributed by atoms with E-state index in [1.54, 1.807) is 22.7 Å². The average Bonchev–Trinajstić information content (AvgIpc) is 3.05. The molecule has 0 radical (unpaired) electrons. The first-order valence-corrected chi connectivity index (χ1v) is 8.32. The molecule has 2 aromatic heterocycles. The summed E-state index contributed by atoms with van der Waals surface area (Å²) in [4.78, 5) is 9.33. The minimum Gasteiger partial charge on any atom is -0.342 e. The van der Waals surface area contributed by atoms with E-state index in [0.29, 0.717) is 6.04 Å². The van der Waals surface area contributed by atoms with Crippen LogP contribution in [0.4, 0.5) is 5.13 Å². The number of thiazole rings is 1. The highest BCUT2D eigenvalue weighted by molar-refractivity contribution is 7.22. The Morgan fingerprint density at radius 3 is 2.74 bits per heavy atom. The standard InChI is InChI=1S/C12H15N5S2/c1-4-16-5-2-9(1)17(7-6-16)12-15-14-11(19-12)10-13-3-8-18-10/h3,8-9H,1-2,4-7H2. The third-order valence-corrected chi connectivity index (χ3v) is 5.81. The molecule has 0 unspecified atom stereocenters. The van der Waals surface area contributed by atoms with Gasteiger partial charge in [-0.3, -0.25) is 0 Å². The fraction of sp³-hybridized carbons (Fsp3) is 0.583. The predicted octanol–water partition coefficient (Wildman–Crippen LogP) is 1.95. The van der Waals surface area contributed by atoms with Crippen LogP contribution in [0.5, 0.6) is 0 Å². The molecule has 0 aliphatic carbocycles. The summed E-state index contributed by atoms with van der Waals surface area (Å²) in [6, 6.07) is 0.649. The topological polar surface area (TPSA) is 45.2 Å². The van der Waals surface area contributed by atoms with E-state index >= 15 is 0 Å². The molecular weight excluding hydrogens is 278 g/mol. The van der Waals surface area contributed by atoms with E-state index in [-0.39, 0.29) is 0 Å². The monoisotopic (exact) mass is 293 g/mol. The maximum absolute atomic E-state index is 4.40. The van der Waals surface area contributed by atoms with Crippen LogP contribution in [0.25, 0.3) is 10.0 Å². The van der Waals surface area contributed by atoms with E-state index in [4.69, 9.17) is 0 Å². The highest BCUT2D eigenvalue weighted by Crippen LogP contribution is 2.33. The molecule has 5 rings (SSSR count). The van der Waals surface area contributed by atoms with Crippen LogP contribution in [-0.2, 0) is 0 Å². The molecule has 100 valence electrons. The molecule has 3 aliphatic heterocycles. The molecule has 0 aromatic carbocycles. The van der Waals surface area contributed by atoms with Gasteiger partial charge in [0, 0.05) is 43.8 Å². The van der Waals surface area contributed by atoms with E-state index in [1.807, 2.05) is 11.6 Å². The highest BCUT2D eigenvalue weighted by Gasteiger charge is 2.31. The molecule has 0 spiro atoms.